The zero-order valence-electron chi connectivity index (χ0n) is 71.1. The number of pyridine rings is 2. The predicted octanol–water partition coefficient (Wildman–Crippen LogP) is 10.7. The standard InChI is InChI=1S/C22H23N7O3.C21H22N8O2.2C20H20N8O2/c1-28-10-16-18(22(28)31)15(9-17(25-16)26-21(30)12-7-8-12)24-14-6-4-5-13(19(14)32-3)20-23-11-29(2)27-20;1-28-10-14-16(9-17(24-20(14)27-28)25-21(30)12-7-8-12)23-15-6-4-5-13(18(15)31-3)19-22-11-29(2)26-19;1-27-11-22-18(26-27)13-4-3-5-14(17(13)30-2)23-15-10-16(24-20(29)12-6-7-12)25-28-9-8-21-19(15)28;1-27-11-21-19(26-27)13-4-3-5-14(18(13)30-2)23-17-10-15(25-20(29)12-6-7-12)24-16-8-9-22-28(16)17/h4-6,9,11-12H,7-8,10H2,1-3H3,(H2,24,25,26,30);4-6,9-12,23H,7-8H2,1-3H3,(H,24,25,27,30);2*3-5,8-12,23H,6-7H2,1-2H3,(H,24,25,29)/i;1D3;;. The molecule has 4 aliphatic carbocycles. The number of rotatable bonds is 24. The number of hydrogen-bond donors (Lipinski definition) is 8. The Morgan fingerprint density at radius 2 is 0.846 bits per heavy atom. The molecule has 40 nitrogen and oxygen atoms in total. The van der Waals surface area contributed by atoms with Gasteiger partial charge in [-0.05, 0) is 99.9 Å². The molecule has 4 aromatic carbocycles. The van der Waals surface area contributed by atoms with Crippen LogP contribution in [0.2, 0.25) is 0 Å². The van der Waals surface area contributed by atoms with Crippen molar-refractivity contribution in [2.45, 2.75) is 57.9 Å². The summed E-state index contributed by atoms with van der Waals surface area (Å²) in [6.07, 6.45) is 20.1. The smallest absolute Gasteiger partial charge is 0.257 e. The zero-order chi connectivity index (χ0) is 87.8. The van der Waals surface area contributed by atoms with Crippen LogP contribution >= 0.6 is 0 Å². The third-order valence-corrected chi connectivity index (χ3v) is 20.4. The van der Waals surface area contributed by atoms with Gasteiger partial charge in [-0.3, -0.25) is 47.4 Å². The molecule has 4 saturated carbocycles. The maximum atomic E-state index is 12.8. The fourth-order valence-corrected chi connectivity index (χ4v) is 13.7. The first-order chi connectivity index (χ1) is 60.9. The molecule has 8 N–H and O–H groups in total. The average molecular weight is 1660 g/mol. The van der Waals surface area contributed by atoms with E-state index >= 15 is 0 Å². The molecule has 0 spiro atoms. The van der Waals surface area contributed by atoms with E-state index in [1.807, 2.05) is 86.9 Å². The molecule has 0 bridgehead atoms. The largest absolute Gasteiger partial charge is 0.494 e. The second-order valence-corrected chi connectivity index (χ2v) is 29.7. The summed E-state index contributed by atoms with van der Waals surface area (Å²) < 4.78 is 56.5. The van der Waals surface area contributed by atoms with Crippen LogP contribution < -0.4 is 61.5 Å². The van der Waals surface area contributed by atoms with Crippen molar-refractivity contribution in [3.63, 3.8) is 0 Å². The van der Waals surface area contributed by atoms with Crippen molar-refractivity contribution in [1.82, 2.24) is 113 Å². The van der Waals surface area contributed by atoms with Crippen molar-refractivity contribution in [3.05, 3.63) is 164 Å². The van der Waals surface area contributed by atoms with Gasteiger partial charge in [0.2, 0.25) is 23.6 Å². The molecule has 4 fully saturated rings. The van der Waals surface area contributed by atoms with Crippen LogP contribution in [-0.4, -0.2) is 178 Å². The summed E-state index contributed by atoms with van der Waals surface area (Å²) in [5.74, 6) is 6.61. The number of carbonyl (C=O) groups excluding carboxylic acids is 5. The van der Waals surface area contributed by atoms with Crippen molar-refractivity contribution in [2.24, 2.45) is 58.8 Å². The number of nitrogens with one attached hydrogen (secondary N) is 8. The Balaban J connectivity index is 0.000000119. The Hall–Kier alpha value is -15.8. The average Bonchev–Trinajstić information content (AvgIpc) is 1.60. The third-order valence-electron chi connectivity index (χ3n) is 20.4. The van der Waals surface area contributed by atoms with Crippen LogP contribution in [0.3, 0.4) is 0 Å². The van der Waals surface area contributed by atoms with Crippen molar-refractivity contribution in [2.75, 3.05) is 78.0 Å². The lowest BCUT2D eigenvalue weighted by molar-refractivity contribution is -0.118. The minimum absolute atomic E-state index is 0.00174. The van der Waals surface area contributed by atoms with Gasteiger partial charge in [-0.15, -0.1) is 5.10 Å². The molecule has 0 radical (unpaired) electrons. The molecule has 1 aliphatic heterocycles. The summed E-state index contributed by atoms with van der Waals surface area (Å²) in [5.41, 5.74) is 9.89. The lowest BCUT2D eigenvalue weighted by Crippen LogP contribution is -2.18. The highest BCUT2D eigenvalue weighted by Gasteiger charge is 2.36. The van der Waals surface area contributed by atoms with Gasteiger partial charge < -0.3 is 66.4 Å². The van der Waals surface area contributed by atoms with Gasteiger partial charge >= 0.3 is 0 Å². The second kappa shape index (κ2) is 33.9. The first-order valence-corrected chi connectivity index (χ1v) is 39.2. The molecule has 20 rings (SSSR count). The molecule has 12 heterocycles. The summed E-state index contributed by atoms with van der Waals surface area (Å²) in [4.78, 5) is 98.4. The van der Waals surface area contributed by atoms with Crippen LogP contribution in [0.25, 0.3) is 67.9 Å². The highest BCUT2D eigenvalue weighted by atomic mass is 16.5. The van der Waals surface area contributed by atoms with Gasteiger partial charge in [0.15, 0.2) is 69.1 Å². The number of nitrogens with zero attached hydrogens (tertiary/aromatic N) is 23. The van der Waals surface area contributed by atoms with Gasteiger partial charge in [0.1, 0.15) is 48.6 Å². The van der Waals surface area contributed by atoms with E-state index in [1.165, 1.54) is 6.20 Å². The minimum atomic E-state index is -2.47. The van der Waals surface area contributed by atoms with E-state index < -0.39 is 6.98 Å². The molecule has 11 aromatic heterocycles. The molecule has 5 amide bonds. The molecule has 40 heteroatoms. The summed E-state index contributed by atoms with van der Waals surface area (Å²) in [7, 11) is 15.2. The number of amides is 5. The van der Waals surface area contributed by atoms with Gasteiger partial charge in [-0.25, -0.2) is 44.4 Å². The molecule has 0 atom stereocenters. The number of benzene rings is 4. The third kappa shape index (κ3) is 17.6. The second-order valence-electron chi connectivity index (χ2n) is 29.7. The molecule has 15 aromatic rings. The summed E-state index contributed by atoms with van der Waals surface area (Å²) in [6, 6.07) is 31.1. The summed E-state index contributed by atoms with van der Waals surface area (Å²) in [6.45, 7) is -2.09. The number of para-hydroxylation sites is 4. The Morgan fingerprint density at radius 3 is 1.28 bits per heavy atom. The normalized spacial score (nSPS) is 14.3. The quantitative estimate of drug-likeness (QED) is 0.0278. The van der Waals surface area contributed by atoms with Crippen LogP contribution in [0, 0.1) is 23.7 Å². The number of fused-ring (bicyclic) bond motifs is 4. The Labute approximate surface area is 705 Å². The van der Waals surface area contributed by atoms with Crippen LogP contribution in [0.1, 0.15) is 71.5 Å². The molecule has 0 saturated heterocycles. The minimum Gasteiger partial charge on any atom is -0.494 e. The van der Waals surface area contributed by atoms with Crippen molar-refractivity contribution in [3.8, 4) is 68.5 Å². The number of imidazole rings is 1. The molecular weight excluding hydrogens is 1580 g/mol. The fourth-order valence-electron chi connectivity index (χ4n) is 13.7. The highest BCUT2D eigenvalue weighted by Crippen LogP contribution is 2.44. The van der Waals surface area contributed by atoms with Crippen molar-refractivity contribution in [1.29, 1.82) is 0 Å². The maximum Gasteiger partial charge on any atom is 0.257 e. The number of methoxy groups -OCH3 is 4. The van der Waals surface area contributed by atoms with Gasteiger partial charge in [-0.1, -0.05) is 24.3 Å². The molecule has 5 aliphatic rings. The van der Waals surface area contributed by atoms with Crippen molar-refractivity contribution >= 4 is 121 Å². The first-order valence-electron chi connectivity index (χ1n) is 40.7. The molecule has 0 unspecified atom stereocenters. The molecular formula is C83H85N31O9. The number of aryl methyl sites for hydroxylation is 5. The van der Waals surface area contributed by atoms with Gasteiger partial charge in [0, 0.05) is 119 Å². The predicted molar refractivity (Wildman–Crippen MR) is 455 cm³/mol. The lowest BCUT2D eigenvalue weighted by atomic mass is 10.1. The van der Waals surface area contributed by atoms with Crippen LogP contribution in [0.15, 0.2) is 153 Å². The van der Waals surface area contributed by atoms with Gasteiger partial charge in [-0.2, -0.15) is 35.1 Å². The van der Waals surface area contributed by atoms with E-state index in [9.17, 15) is 24.0 Å². The fraction of sp³-hybridized carbons (Fsp3) is 0.277. The van der Waals surface area contributed by atoms with E-state index in [4.69, 9.17) is 23.1 Å². The van der Waals surface area contributed by atoms with Crippen LogP contribution in [0.4, 0.5) is 68.9 Å². The number of ether oxygens (including phenoxy) is 4. The summed E-state index contributed by atoms with van der Waals surface area (Å²) in [5, 5.41) is 55.6. The highest BCUT2D eigenvalue weighted by molar-refractivity contribution is 6.05. The first kappa shape index (κ1) is 75.9. The number of aromatic nitrogens is 22. The van der Waals surface area contributed by atoms with Gasteiger partial charge in [0.25, 0.3) is 5.91 Å². The number of carbonyl (C=O) groups is 5. The van der Waals surface area contributed by atoms with E-state index in [0.717, 1.165) is 78.4 Å². The van der Waals surface area contributed by atoms with Crippen LogP contribution in [-0.2, 0) is 60.9 Å². The lowest BCUT2D eigenvalue weighted by Gasteiger charge is -2.16. The number of hydrogen-bond acceptors (Lipinski definition) is 28. The summed E-state index contributed by atoms with van der Waals surface area (Å²) >= 11 is 0. The molecule has 626 valence electrons. The van der Waals surface area contributed by atoms with E-state index in [1.54, 1.807) is 156 Å². The van der Waals surface area contributed by atoms with E-state index in [2.05, 4.69) is 118 Å². The topological polar surface area (TPSA) is 449 Å². The number of anilines is 12. The Morgan fingerprint density at radius 1 is 0.431 bits per heavy atom. The monoisotopic (exact) mass is 1660 g/mol. The van der Waals surface area contributed by atoms with E-state index in [-0.39, 0.29) is 64.7 Å². The Bertz CT molecular complexity index is 6500. The SMILES string of the molecule is COc1c(Nc2cc(NC(=O)C3CC3)nc3c2C(=O)N(C)C3)cccc1-c1ncn(C)n1.COc1c(Nc2cc(NC(=O)C3CC3)nc3ccnn23)cccc1-c1ncn(C)n1.COc1c(Nc2cc(NC(=O)C3CC3)nn3ccnc23)cccc1-c1ncn(C)n1.[2H]C([2H])([2H])n1cc2c(Nc3cccc(-c4ncn(C)n4)c3OC)cc(NC(=O)C3CC3)nc2n1. The van der Waals surface area contributed by atoms with Gasteiger partial charge in [0.05, 0.1) is 120 Å². The zero-order valence-corrected chi connectivity index (χ0v) is 68.1. The molecule has 123 heavy (non-hydrogen) atoms. The maximum absolute atomic E-state index is 12.8. The van der Waals surface area contributed by atoms with Crippen molar-refractivity contribution < 1.29 is 47.0 Å². The van der Waals surface area contributed by atoms with Crippen LogP contribution in [0.5, 0.6) is 23.0 Å². The Kier molecular flexibility index (Phi) is 20.9. The van der Waals surface area contributed by atoms with E-state index in [0.29, 0.717) is 144 Å².